The number of ether oxygens (including phenoxy) is 1. The van der Waals surface area contributed by atoms with E-state index in [-0.39, 0.29) is 0 Å². The van der Waals surface area contributed by atoms with Gasteiger partial charge in [-0.05, 0) is 43.3 Å². The highest BCUT2D eigenvalue weighted by molar-refractivity contribution is 7.80. The molecule has 5 nitrogen and oxygen atoms in total. The third-order valence-corrected chi connectivity index (χ3v) is 5.83. The topological polar surface area (TPSA) is 41.0 Å². The Morgan fingerprint density at radius 2 is 1.89 bits per heavy atom. The second kappa shape index (κ2) is 11.1. The van der Waals surface area contributed by atoms with Gasteiger partial charge in [-0.1, -0.05) is 24.4 Å². The van der Waals surface area contributed by atoms with Crippen LogP contribution in [0.2, 0.25) is 5.02 Å². The first-order chi connectivity index (χ1) is 13.2. The van der Waals surface area contributed by atoms with Gasteiger partial charge in [0.1, 0.15) is 13.1 Å². The molecular formula is C20H32ClN4OS+. The lowest BCUT2D eigenvalue weighted by Crippen LogP contribution is -3.14. The molecule has 2 saturated heterocycles. The summed E-state index contributed by atoms with van der Waals surface area (Å²) >= 11 is 11.8. The highest BCUT2D eigenvalue weighted by Crippen LogP contribution is 2.30. The standard InChI is InChI=1S/C20H31ClN4OS/c21-17-6-7-19(25-10-3-1-2-4-11-25)18(16-17)23-20(27)22-8-5-9-24-12-14-26-15-13-24/h6-7,16H,1-5,8-15H2,(H2,22,23,27)/p+1. The molecule has 0 bridgehead atoms. The Labute approximate surface area is 173 Å². The van der Waals surface area contributed by atoms with E-state index in [1.807, 2.05) is 12.1 Å². The minimum atomic E-state index is 0.672. The lowest BCUT2D eigenvalue weighted by Gasteiger charge is -2.26. The maximum absolute atomic E-state index is 6.25. The molecule has 27 heavy (non-hydrogen) atoms. The highest BCUT2D eigenvalue weighted by atomic mass is 35.5. The van der Waals surface area contributed by atoms with Crippen LogP contribution >= 0.6 is 23.8 Å². The average Bonchev–Trinajstić information content (AvgIpc) is 2.96. The molecule has 2 aliphatic heterocycles. The van der Waals surface area contributed by atoms with Gasteiger partial charge in [0.25, 0.3) is 0 Å². The summed E-state index contributed by atoms with van der Waals surface area (Å²) in [5.74, 6) is 0. The smallest absolute Gasteiger partial charge is 0.170 e. The van der Waals surface area contributed by atoms with E-state index >= 15 is 0 Å². The van der Waals surface area contributed by atoms with Gasteiger partial charge >= 0.3 is 0 Å². The first kappa shape index (κ1) is 20.6. The second-order valence-corrected chi connectivity index (χ2v) is 8.25. The molecule has 3 rings (SSSR count). The molecule has 0 radical (unpaired) electrons. The molecule has 1 aromatic rings. The summed E-state index contributed by atoms with van der Waals surface area (Å²) in [6, 6.07) is 6.06. The lowest BCUT2D eigenvalue weighted by molar-refractivity contribution is -0.908. The number of benzene rings is 1. The zero-order valence-electron chi connectivity index (χ0n) is 16.1. The maximum atomic E-state index is 6.25. The van der Waals surface area contributed by atoms with Crippen molar-refractivity contribution in [3.63, 3.8) is 0 Å². The summed E-state index contributed by atoms with van der Waals surface area (Å²) in [6.45, 7) is 8.24. The van der Waals surface area contributed by atoms with Crippen molar-refractivity contribution in [2.45, 2.75) is 32.1 Å². The van der Waals surface area contributed by atoms with Gasteiger partial charge in [0.15, 0.2) is 5.11 Å². The van der Waals surface area contributed by atoms with Gasteiger partial charge in [0, 0.05) is 31.1 Å². The molecule has 2 aliphatic rings. The zero-order chi connectivity index (χ0) is 18.9. The SMILES string of the molecule is S=C(NCCC[NH+]1CCOCC1)Nc1cc(Cl)ccc1N1CCCCCC1. The third kappa shape index (κ3) is 6.79. The first-order valence-electron chi connectivity index (χ1n) is 10.2. The van der Waals surface area contributed by atoms with Crippen molar-refractivity contribution in [1.82, 2.24) is 5.32 Å². The maximum Gasteiger partial charge on any atom is 0.170 e. The number of morpholine rings is 1. The number of nitrogens with zero attached hydrogens (tertiary/aromatic N) is 1. The first-order valence-corrected chi connectivity index (χ1v) is 11.0. The Hall–Kier alpha value is -1.08. The number of hydrogen-bond acceptors (Lipinski definition) is 3. The van der Waals surface area contributed by atoms with E-state index < -0.39 is 0 Å². The molecule has 1 aromatic carbocycles. The van der Waals surface area contributed by atoms with E-state index in [9.17, 15) is 0 Å². The molecule has 0 saturated carbocycles. The predicted molar refractivity (Wildman–Crippen MR) is 117 cm³/mol. The average molecular weight is 412 g/mol. The molecule has 2 heterocycles. The van der Waals surface area contributed by atoms with Crippen molar-refractivity contribution in [2.24, 2.45) is 0 Å². The van der Waals surface area contributed by atoms with E-state index in [1.54, 1.807) is 4.90 Å². The van der Waals surface area contributed by atoms with Gasteiger partial charge in [-0.2, -0.15) is 0 Å². The predicted octanol–water partition coefficient (Wildman–Crippen LogP) is 2.31. The zero-order valence-corrected chi connectivity index (χ0v) is 17.6. The molecule has 0 amide bonds. The molecule has 0 aliphatic carbocycles. The number of halogens is 1. The fourth-order valence-corrected chi connectivity index (χ4v) is 4.20. The van der Waals surface area contributed by atoms with Crippen molar-refractivity contribution >= 4 is 40.3 Å². The lowest BCUT2D eigenvalue weighted by atomic mass is 10.2. The van der Waals surface area contributed by atoms with Crippen molar-refractivity contribution in [3.05, 3.63) is 23.2 Å². The van der Waals surface area contributed by atoms with Gasteiger partial charge < -0.3 is 25.2 Å². The minimum absolute atomic E-state index is 0.672. The minimum Gasteiger partial charge on any atom is -0.370 e. The Morgan fingerprint density at radius 1 is 1.15 bits per heavy atom. The molecule has 3 N–H and O–H groups in total. The van der Waals surface area contributed by atoms with Crippen LogP contribution in [0.3, 0.4) is 0 Å². The molecule has 0 unspecified atom stereocenters. The van der Waals surface area contributed by atoms with E-state index in [1.165, 1.54) is 31.4 Å². The number of quaternary nitrogens is 1. The number of hydrogen-bond donors (Lipinski definition) is 3. The van der Waals surface area contributed by atoms with Crippen molar-refractivity contribution in [3.8, 4) is 0 Å². The quantitative estimate of drug-likeness (QED) is 0.495. The van der Waals surface area contributed by atoms with Crippen molar-refractivity contribution in [2.75, 3.05) is 62.7 Å². The fourth-order valence-electron chi connectivity index (χ4n) is 3.81. The Balaban J connectivity index is 1.49. The van der Waals surface area contributed by atoms with E-state index in [0.717, 1.165) is 69.6 Å². The molecule has 0 aromatic heterocycles. The summed E-state index contributed by atoms with van der Waals surface area (Å²) in [4.78, 5) is 4.08. The summed E-state index contributed by atoms with van der Waals surface area (Å²) in [5, 5.41) is 8.12. The number of anilines is 2. The highest BCUT2D eigenvalue weighted by Gasteiger charge is 2.15. The van der Waals surface area contributed by atoms with Gasteiger partial charge in [-0.15, -0.1) is 0 Å². The van der Waals surface area contributed by atoms with Crippen LogP contribution in [0.5, 0.6) is 0 Å². The fraction of sp³-hybridized carbons (Fsp3) is 0.650. The third-order valence-electron chi connectivity index (χ3n) is 5.35. The number of nitrogens with one attached hydrogen (secondary N) is 3. The van der Waals surface area contributed by atoms with Gasteiger partial charge in [0.05, 0.1) is 31.1 Å². The summed E-state index contributed by atoms with van der Waals surface area (Å²) < 4.78 is 5.41. The van der Waals surface area contributed by atoms with Crippen molar-refractivity contribution < 1.29 is 9.64 Å². The van der Waals surface area contributed by atoms with Crippen LogP contribution in [0, 0.1) is 0 Å². The van der Waals surface area contributed by atoms with Gasteiger partial charge in [-0.25, -0.2) is 0 Å². The van der Waals surface area contributed by atoms with E-state index in [0.29, 0.717) is 5.11 Å². The van der Waals surface area contributed by atoms with Crippen LogP contribution in [0.1, 0.15) is 32.1 Å². The summed E-state index contributed by atoms with van der Waals surface area (Å²) in [7, 11) is 0. The molecule has 0 atom stereocenters. The second-order valence-electron chi connectivity index (χ2n) is 7.41. The van der Waals surface area contributed by atoms with Crippen molar-refractivity contribution in [1.29, 1.82) is 0 Å². The Bertz CT molecular complexity index is 602. The van der Waals surface area contributed by atoms with E-state index in [2.05, 4.69) is 21.6 Å². The van der Waals surface area contributed by atoms with Crippen LogP contribution in [-0.2, 0) is 4.74 Å². The molecule has 2 fully saturated rings. The van der Waals surface area contributed by atoms with Gasteiger partial charge in [0.2, 0.25) is 0 Å². The van der Waals surface area contributed by atoms with Crippen LogP contribution in [0.4, 0.5) is 11.4 Å². The number of thiocarbonyl (C=S) groups is 1. The largest absolute Gasteiger partial charge is 0.370 e. The molecule has 0 spiro atoms. The Kier molecular flexibility index (Phi) is 8.45. The molecular weight excluding hydrogens is 380 g/mol. The Morgan fingerprint density at radius 3 is 2.63 bits per heavy atom. The molecule has 7 heteroatoms. The summed E-state index contributed by atoms with van der Waals surface area (Å²) in [5.41, 5.74) is 2.20. The van der Waals surface area contributed by atoms with Gasteiger partial charge in [-0.3, -0.25) is 0 Å². The van der Waals surface area contributed by atoms with E-state index in [4.69, 9.17) is 28.6 Å². The number of rotatable bonds is 6. The van der Waals surface area contributed by atoms with Crippen LogP contribution in [0.15, 0.2) is 18.2 Å². The van der Waals surface area contributed by atoms with Crippen LogP contribution in [0.25, 0.3) is 0 Å². The van der Waals surface area contributed by atoms with Crippen LogP contribution in [-0.4, -0.2) is 57.6 Å². The molecule has 150 valence electrons. The monoisotopic (exact) mass is 411 g/mol. The summed E-state index contributed by atoms with van der Waals surface area (Å²) in [6.07, 6.45) is 6.23. The normalized spacial score (nSPS) is 18.8. The van der Waals surface area contributed by atoms with Crippen LogP contribution < -0.4 is 20.4 Å².